The van der Waals surface area contributed by atoms with E-state index in [9.17, 15) is 4.79 Å². The van der Waals surface area contributed by atoms with Crippen LogP contribution in [0.5, 0.6) is 5.75 Å². The standard InChI is InChI=1S/C23H22BrNO2/c1-23(17-10-6-4-7-11-17,18-12-8-5-9-13-18)22(26)25(2)21-15-14-19(27-3)16-20(21)24/h4-16H,1-3H3. The van der Waals surface area contributed by atoms with Crippen LogP contribution < -0.4 is 9.64 Å². The second-order valence-electron chi connectivity index (χ2n) is 6.54. The summed E-state index contributed by atoms with van der Waals surface area (Å²) < 4.78 is 6.07. The van der Waals surface area contributed by atoms with E-state index in [-0.39, 0.29) is 5.91 Å². The van der Waals surface area contributed by atoms with E-state index in [2.05, 4.69) is 15.9 Å². The third-order valence-corrected chi connectivity index (χ3v) is 5.59. The molecule has 0 aliphatic carbocycles. The predicted octanol–water partition coefficient (Wildman–Crippen LogP) is 5.43. The first-order valence-electron chi connectivity index (χ1n) is 8.71. The largest absolute Gasteiger partial charge is 0.497 e. The number of hydrogen-bond donors (Lipinski definition) is 0. The molecular formula is C23H22BrNO2. The van der Waals surface area contributed by atoms with E-state index in [1.165, 1.54) is 0 Å². The van der Waals surface area contributed by atoms with Crippen LogP contribution in [0.4, 0.5) is 5.69 Å². The molecule has 0 radical (unpaired) electrons. The van der Waals surface area contributed by atoms with Gasteiger partial charge in [-0.1, -0.05) is 60.7 Å². The molecule has 27 heavy (non-hydrogen) atoms. The lowest BCUT2D eigenvalue weighted by atomic mass is 9.75. The lowest BCUT2D eigenvalue weighted by Gasteiger charge is -2.34. The molecule has 0 atom stereocenters. The SMILES string of the molecule is COc1ccc(N(C)C(=O)C(C)(c2ccccc2)c2ccccc2)c(Br)c1. The summed E-state index contributed by atoms with van der Waals surface area (Å²) >= 11 is 3.56. The van der Waals surface area contributed by atoms with Gasteiger partial charge in [0.1, 0.15) is 5.75 Å². The summed E-state index contributed by atoms with van der Waals surface area (Å²) in [5.41, 5.74) is 1.89. The van der Waals surface area contributed by atoms with Crippen LogP contribution >= 0.6 is 15.9 Å². The van der Waals surface area contributed by atoms with Crippen molar-refractivity contribution >= 4 is 27.5 Å². The lowest BCUT2D eigenvalue weighted by Crippen LogP contribution is -2.44. The minimum absolute atomic E-state index is 0.00855. The minimum atomic E-state index is -0.809. The van der Waals surface area contributed by atoms with Crippen molar-refractivity contribution in [3.05, 3.63) is 94.5 Å². The maximum absolute atomic E-state index is 13.7. The van der Waals surface area contributed by atoms with Crippen molar-refractivity contribution in [2.75, 3.05) is 19.1 Å². The molecule has 3 rings (SSSR count). The summed E-state index contributed by atoms with van der Waals surface area (Å²) in [7, 11) is 3.43. The minimum Gasteiger partial charge on any atom is -0.497 e. The van der Waals surface area contributed by atoms with Crippen molar-refractivity contribution in [3.63, 3.8) is 0 Å². The normalized spacial score (nSPS) is 11.1. The van der Waals surface area contributed by atoms with Gasteiger partial charge in [0.2, 0.25) is 5.91 Å². The highest BCUT2D eigenvalue weighted by Crippen LogP contribution is 2.37. The molecule has 4 heteroatoms. The highest BCUT2D eigenvalue weighted by atomic mass is 79.9. The van der Waals surface area contributed by atoms with E-state index in [4.69, 9.17) is 4.74 Å². The Bertz CT molecular complexity index is 886. The number of carbonyl (C=O) groups is 1. The first kappa shape index (κ1) is 19.2. The Balaban J connectivity index is 2.09. The molecule has 138 valence electrons. The first-order valence-corrected chi connectivity index (χ1v) is 9.50. The summed E-state index contributed by atoms with van der Waals surface area (Å²) in [5.74, 6) is 0.728. The van der Waals surface area contributed by atoms with E-state index < -0.39 is 5.41 Å². The van der Waals surface area contributed by atoms with Crippen LogP contribution in [0.2, 0.25) is 0 Å². The van der Waals surface area contributed by atoms with Gasteiger partial charge in [-0.15, -0.1) is 0 Å². The zero-order valence-corrected chi connectivity index (χ0v) is 17.2. The van der Waals surface area contributed by atoms with Crippen LogP contribution in [0, 0.1) is 0 Å². The summed E-state index contributed by atoms with van der Waals surface area (Å²) in [5, 5.41) is 0. The fourth-order valence-electron chi connectivity index (χ4n) is 3.29. The van der Waals surface area contributed by atoms with Crippen LogP contribution in [0.25, 0.3) is 0 Å². The summed E-state index contributed by atoms with van der Waals surface area (Å²) in [6.45, 7) is 1.98. The number of amides is 1. The second kappa shape index (κ2) is 7.97. The van der Waals surface area contributed by atoms with Gasteiger partial charge in [0, 0.05) is 11.5 Å². The molecule has 0 bridgehead atoms. The number of benzene rings is 3. The number of carbonyl (C=O) groups excluding carboxylic acids is 1. The third kappa shape index (κ3) is 3.62. The monoisotopic (exact) mass is 423 g/mol. The smallest absolute Gasteiger partial charge is 0.241 e. The molecule has 3 nitrogen and oxygen atoms in total. The van der Waals surface area contributed by atoms with E-state index in [1.54, 1.807) is 19.1 Å². The molecule has 0 aliphatic heterocycles. The number of methoxy groups -OCH3 is 1. The number of ether oxygens (including phenoxy) is 1. The molecule has 0 saturated carbocycles. The average molecular weight is 424 g/mol. The molecule has 3 aromatic carbocycles. The van der Waals surface area contributed by atoms with Crippen molar-refractivity contribution in [2.24, 2.45) is 0 Å². The summed E-state index contributed by atoms with van der Waals surface area (Å²) in [6, 6.07) is 25.4. The molecule has 0 N–H and O–H groups in total. The van der Waals surface area contributed by atoms with Crippen LogP contribution in [0.15, 0.2) is 83.3 Å². The van der Waals surface area contributed by atoms with Gasteiger partial charge in [-0.3, -0.25) is 4.79 Å². The lowest BCUT2D eigenvalue weighted by molar-refractivity contribution is -0.122. The topological polar surface area (TPSA) is 29.5 Å². The number of likely N-dealkylation sites (N-methyl/N-ethyl adjacent to an activating group) is 1. The molecular weight excluding hydrogens is 402 g/mol. The molecule has 0 unspecified atom stereocenters. The molecule has 0 fully saturated rings. The van der Waals surface area contributed by atoms with Gasteiger partial charge in [-0.2, -0.15) is 0 Å². The van der Waals surface area contributed by atoms with Crippen molar-refractivity contribution in [2.45, 2.75) is 12.3 Å². The molecule has 1 amide bonds. The quantitative estimate of drug-likeness (QED) is 0.547. The fraction of sp³-hybridized carbons (Fsp3) is 0.174. The van der Waals surface area contributed by atoms with Crippen molar-refractivity contribution in [1.82, 2.24) is 0 Å². The third-order valence-electron chi connectivity index (χ3n) is 4.95. The Morgan fingerprint density at radius 1 is 0.926 bits per heavy atom. The zero-order chi connectivity index (χ0) is 19.4. The van der Waals surface area contributed by atoms with E-state index in [0.717, 1.165) is 27.0 Å². The molecule has 3 aromatic rings. The highest BCUT2D eigenvalue weighted by molar-refractivity contribution is 9.10. The Morgan fingerprint density at radius 3 is 1.89 bits per heavy atom. The number of nitrogens with zero attached hydrogens (tertiary/aromatic N) is 1. The molecule has 0 spiro atoms. The Kier molecular flexibility index (Phi) is 5.66. The van der Waals surface area contributed by atoms with Crippen LogP contribution in [-0.2, 0) is 10.2 Å². The summed E-state index contributed by atoms with van der Waals surface area (Å²) in [6.07, 6.45) is 0. The van der Waals surface area contributed by atoms with E-state index in [0.29, 0.717) is 0 Å². The number of hydrogen-bond acceptors (Lipinski definition) is 2. The number of rotatable bonds is 5. The van der Waals surface area contributed by atoms with Crippen LogP contribution in [-0.4, -0.2) is 20.1 Å². The number of halogens is 1. The second-order valence-corrected chi connectivity index (χ2v) is 7.39. The zero-order valence-electron chi connectivity index (χ0n) is 15.6. The van der Waals surface area contributed by atoms with E-state index in [1.807, 2.05) is 85.8 Å². The Morgan fingerprint density at radius 2 is 1.44 bits per heavy atom. The van der Waals surface area contributed by atoms with Crippen LogP contribution in [0.3, 0.4) is 0 Å². The van der Waals surface area contributed by atoms with Gasteiger partial charge >= 0.3 is 0 Å². The molecule has 0 aliphatic rings. The van der Waals surface area contributed by atoms with Gasteiger partial charge in [0.25, 0.3) is 0 Å². The van der Waals surface area contributed by atoms with Gasteiger partial charge in [0.15, 0.2) is 0 Å². The molecule has 0 heterocycles. The highest BCUT2D eigenvalue weighted by Gasteiger charge is 2.39. The maximum Gasteiger partial charge on any atom is 0.241 e. The summed E-state index contributed by atoms with van der Waals surface area (Å²) in [4.78, 5) is 15.4. The molecule has 0 saturated heterocycles. The van der Waals surface area contributed by atoms with Gasteiger partial charge in [-0.25, -0.2) is 0 Å². The average Bonchev–Trinajstić information content (AvgIpc) is 2.73. The van der Waals surface area contributed by atoms with Gasteiger partial charge in [-0.05, 0) is 52.2 Å². The van der Waals surface area contributed by atoms with Gasteiger partial charge in [0.05, 0.1) is 18.2 Å². The van der Waals surface area contributed by atoms with Crippen molar-refractivity contribution < 1.29 is 9.53 Å². The first-order chi connectivity index (χ1) is 13.0. The Hall–Kier alpha value is -2.59. The number of anilines is 1. The van der Waals surface area contributed by atoms with Crippen molar-refractivity contribution in [1.29, 1.82) is 0 Å². The Labute approximate surface area is 168 Å². The maximum atomic E-state index is 13.7. The van der Waals surface area contributed by atoms with Crippen LogP contribution in [0.1, 0.15) is 18.1 Å². The molecule has 0 aromatic heterocycles. The van der Waals surface area contributed by atoms with E-state index >= 15 is 0 Å². The predicted molar refractivity (Wildman–Crippen MR) is 113 cm³/mol. The van der Waals surface area contributed by atoms with Crippen molar-refractivity contribution in [3.8, 4) is 5.75 Å². The fourth-order valence-corrected chi connectivity index (χ4v) is 3.91. The van der Waals surface area contributed by atoms with Gasteiger partial charge < -0.3 is 9.64 Å².